The first-order valence-electron chi connectivity index (χ1n) is 5.58. The van der Waals surface area contributed by atoms with E-state index in [1.165, 1.54) is 13.0 Å². The lowest BCUT2D eigenvalue weighted by molar-refractivity contribution is -0.137. The zero-order valence-corrected chi connectivity index (χ0v) is 11.6. The monoisotopic (exact) mass is 306 g/mol. The van der Waals surface area contributed by atoms with Gasteiger partial charge in [-0.05, 0) is 25.1 Å². The molecule has 0 heterocycles. The quantitative estimate of drug-likeness (QED) is 0.927. The van der Waals surface area contributed by atoms with E-state index in [-0.39, 0.29) is 17.0 Å². The Balaban J connectivity index is 3.10. The summed E-state index contributed by atoms with van der Waals surface area (Å²) in [6.07, 6.45) is -3.62. The number of nitrogens with one attached hydrogen (secondary N) is 1. The van der Waals surface area contributed by atoms with Gasteiger partial charge in [-0.3, -0.25) is 0 Å². The number of nitriles is 1. The third-order valence-corrected chi connectivity index (χ3v) is 3.51. The highest BCUT2D eigenvalue weighted by molar-refractivity contribution is 7.90. The van der Waals surface area contributed by atoms with E-state index in [0.29, 0.717) is 0 Å². The molecule has 0 bridgehead atoms. The number of sulfone groups is 1. The van der Waals surface area contributed by atoms with E-state index in [1.807, 2.05) is 0 Å². The van der Waals surface area contributed by atoms with Crippen LogP contribution >= 0.6 is 0 Å². The molecule has 0 spiro atoms. The summed E-state index contributed by atoms with van der Waals surface area (Å²) < 4.78 is 60.9. The number of hydrogen-bond acceptors (Lipinski definition) is 4. The van der Waals surface area contributed by atoms with Crippen LogP contribution in [0.15, 0.2) is 18.2 Å². The maximum atomic E-state index is 12.9. The largest absolute Gasteiger partial charge is 0.418 e. The smallest absolute Gasteiger partial charge is 0.381 e. The summed E-state index contributed by atoms with van der Waals surface area (Å²) in [5.41, 5.74) is -1.34. The maximum absolute atomic E-state index is 12.9. The van der Waals surface area contributed by atoms with E-state index in [1.54, 1.807) is 6.07 Å². The molecule has 0 fully saturated rings. The minimum absolute atomic E-state index is 0.112. The fraction of sp³-hybridized carbons (Fsp3) is 0.417. The first-order valence-corrected chi connectivity index (χ1v) is 7.64. The van der Waals surface area contributed by atoms with Crippen molar-refractivity contribution in [3.8, 4) is 6.07 Å². The third kappa shape index (κ3) is 4.74. The predicted molar refractivity (Wildman–Crippen MR) is 69.0 cm³/mol. The van der Waals surface area contributed by atoms with Gasteiger partial charge < -0.3 is 5.32 Å². The van der Waals surface area contributed by atoms with Gasteiger partial charge in [0.15, 0.2) is 0 Å². The van der Waals surface area contributed by atoms with Crippen molar-refractivity contribution in [2.24, 2.45) is 0 Å². The van der Waals surface area contributed by atoms with Crippen molar-refractivity contribution in [1.82, 2.24) is 0 Å². The molecular weight excluding hydrogens is 293 g/mol. The van der Waals surface area contributed by atoms with Crippen LogP contribution in [0, 0.1) is 11.3 Å². The number of anilines is 1. The number of rotatable bonds is 4. The molecule has 8 heteroatoms. The molecule has 0 aromatic heterocycles. The first kappa shape index (κ1) is 16.3. The Bertz CT molecular complexity index is 633. The van der Waals surface area contributed by atoms with Crippen LogP contribution in [-0.2, 0) is 16.0 Å². The van der Waals surface area contributed by atoms with Crippen molar-refractivity contribution in [3.63, 3.8) is 0 Å². The highest BCUT2D eigenvalue weighted by Gasteiger charge is 2.34. The number of alkyl halides is 3. The molecule has 1 unspecified atom stereocenters. The van der Waals surface area contributed by atoms with Crippen molar-refractivity contribution >= 4 is 15.5 Å². The van der Waals surface area contributed by atoms with Gasteiger partial charge in [0.1, 0.15) is 9.84 Å². The summed E-state index contributed by atoms with van der Waals surface area (Å²) in [5, 5.41) is 11.2. The second kappa shape index (κ2) is 5.71. The lowest BCUT2D eigenvalue weighted by Gasteiger charge is -2.19. The summed E-state index contributed by atoms with van der Waals surface area (Å²) in [6, 6.07) is 4.05. The first-order chi connectivity index (χ1) is 9.03. The van der Waals surface area contributed by atoms with E-state index >= 15 is 0 Å². The normalized spacial score (nSPS) is 13.6. The van der Waals surface area contributed by atoms with Crippen molar-refractivity contribution in [2.45, 2.75) is 19.1 Å². The van der Waals surface area contributed by atoms with Gasteiger partial charge in [0, 0.05) is 18.0 Å². The molecule has 1 aromatic rings. The molecule has 0 saturated carbocycles. The molecule has 1 rings (SSSR count). The fourth-order valence-corrected chi connectivity index (χ4v) is 2.73. The van der Waals surface area contributed by atoms with Gasteiger partial charge >= 0.3 is 6.18 Å². The molecule has 1 aromatic carbocycles. The van der Waals surface area contributed by atoms with E-state index in [2.05, 4.69) is 5.32 Å². The molecular formula is C12H13F3N2O2S. The van der Waals surface area contributed by atoms with Gasteiger partial charge in [0.05, 0.1) is 22.9 Å². The molecule has 1 N–H and O–H groups in total. The van der Waals surface area contributed by atoms with Crippen molar-refractivity contribution in [2.75, 3.05) is 17.3 Å². The minimum atomic E-state index is -4.62. The molecule has 0 aliphatic rings. The highest BCUT2D eigenvalue weighted by atomic mass is 32.2. The van der Waals surface area contributed by atoms with Crippen molar-refractivity contribution in [3.05, 3.63) is 29.3 Å². The number of hydrogen-bond donors (Lipinski definition) is 1. The molecule has 0 amide bonds. The van der Waals surface area contributed by atoms with Crippen LogP contribution in [0.1, 0.15) is 18.1 Å². The second-order valence-corrected chi connectivity index (χ2v) is 6.69. The Morgan fingerprint density at radius 2 is 2.00 bits per heavy atom. The van der Waals surface area contributed by atoms with E-state index in [4.69, 9.17) is 5.26 Å². The van der Waals surface area contributed by atoms with Gasteiger partial charge in [-0.2, -0.15) is 18.4 Å². The van der Waals surface area contributed by atoms with Crippen LogP contribution in [0.3, 0.4) is 0 Å². The van der Waals surface area contributed by atoms with Crippen LogP contribution < -0.4 is 5.32 Å². The Kier molecular flexibility index (Phi) is 4.65. The Morgan fingerprint density at radius 3 is 2.45 bits per heavy atom. The lowest BCUT2D eigenvalue weighted by atomic mass is 10.1. The zero-order chi connectivity index (χ0) is 15.6. The summed E-state index contributed by atoms with van der Waals surface area (Å²) >= 11 is 0. The average molecular weight is 306 g/mol. The maximum Gasteiger partial charge on any atom is 0.418 e. The SMILES string of the molecule is CC(CS(C)(=O)=O)Nc1ccc(C#N)cc1C(F)(F)F. The molecule has 0 aliphatic carbocycles. The Labute approximate surface area is 115 Å². The standard InChI is InChI=1S/C12H13F3N2O2S/c1-8(7-20(2,18)19)17-11-4-3-9(6-16)5-10(11)12(13,14)15/h3-5,8,17H,7H2,1-2H3. The fourth-order valence-electron chi connectivity index (χ4n) is 1.74. The summed E-state index contributed by atoms with van der Waals surface area (Å²) in [7, 11) is -3.30. The van der Waals surface area contributed by atoms with Crippen molar-refractivity contribution in [1.29, 1.82) is 5.26 Å². The van der Waals surface area contributed by atoms with E-state index in [0.717, 1.165) is 18.4 Å². The van der Waals surface area contributed by atoms with E-state index in [9.17, 15) is 21.6 Å². The van der Waals surface area contributed by atoms with Gasteiger partial charge in [-0.15, -0.1) is 0 Å². The van der Waals surface area contributed by atoms with Crippen molar-refractivity contribution < 1.29 is 21.6 Å². The molecule has 0 radical (unpaired) electrons. The minimum Gasteiger partial charge on any atom is -0.381 e. The summed E-state index contributed by atoms with van der Waals surface area (Å²) in [5.74, 6) is -0.287. The topological polar surface area (TPSA) is 70.0 Å². The van der Waals surface area contributed by atoms with Crippen LogP contribution in [0.5, 0.6) is 0 Å². The van der Waals surface area contributed by atoms with Gasteiger partial charge in [-0.25, -0.2) is 8.42 Å². The zero-order valence-electron chi connectivity index (χ0n) is 10.8. The number of nitrogens with zero attached hydrogens (tertiary/aromatic N) is 1. The molecule has 0 aliphatic heterocycles. The molecule has 20 heavy (non-hydrogen) atoms. The van der Waals surface area contributed by atoms with Crippen LogP contribution in [0.4, 0.5) is 18.9 Å². The Hall–Kier alpha value is -1.75. The molecule has 0 saturated heterocycles. The van der Waals surface area contributed by atoms with Gasteiger partial charge in [-0.1, -0.05) is 0 Å². The van der Waals surface area contributed by atoms with E-state index < -0.39 is 27.6 Å². The summed E-state index contributed by atoms with van der Waals surface area (Å²) in [6.45, 7) is 1.47. The van der Waals surface area contributed by atoms with Crippen LogP contribution in [0.25, 0.3) is 0 Å². The number of halogens is 3. The third-order valence-electron chi connectivity index (χ3n) is 2.41. The average Bonchev–Trinajstić information content (AvgIpc) is 2.25. The predicted octanol–water partition coefficient (Wildman–Crippen LogP) is 2.42. The highest BCUT2D eigenvalue weighted by Crippen LogP contribution is 2.35. The van der Waals surface area contributed by atoms with Gasteiger partial charge in [0.25, 0.3) is 0 Å². The van der Waals surface area contributed by atoms with Crippen LogP contribution in [0.2, 0.25) is 0 Å². The molecule has 4 nitrogen and oxygen atoms in total. The van der Waals surface area contributed by atoms with Crippen LogP contribution in [-0.4, -0.2) is 26.5 Å². The lowest BCUT2D eigenvalue weighted by Crippen LogP contribution is -2.26. The molecule has 110 valence electrons. The Morgan fingerprint density at radius 1 is 1.40 bits per heavy atom. The molecule has 1 atom stereocenters. The number of benzene rings is 1. The summed E-state index contributed by atoms with van der Waals surface area (Å²) in [4.78, 5) is 0. The van der Waals surface area contributed by atoms with Gasteiger partial charge in [0.2, 0.25) is 0 Å². The second-order valence-electron chi connectivity index (χ2n) is 4.51.